The van der Waals surface area contributed by atoms with Crippen LogP contribution in [0, 0.1) is 0 Å². The van der Waals surface area contributed by atoms with E-state index in [0.29, 0.717) is 34.3 Å². The highest BCUT2D eigenvalue weighted by Crippen LogP contribution is 2.30. The highest BCUT2D eigenvalue weighted by Gasteiger charge is 2.19. The summed E-state index contributed by atoms with van der Waals surface area (Å²) in [6.07, 6.45) is 0. The molecule has 0 atom stereocenters. The van der Waals surface area contributed by atoms with Crippen molar-refractivity contribution in [2.45, 2.75) is 19.8 Å². The van der Waals surface area contributed by atoms with Crippen LogP contribution in [0.5, 0.6) is 11.5 Å². The summed E-state index contributed by atoms with van der Waals surface area (Å²) >= 11 is 1.52. The number of anilines is 1. The fraction of sp³-hybridized carbons (Fsp3) is 0.217. The number of H-pyrrole nitrogens is 1. The molecule has 0 aliphatic carbocycles. The number of amides is 1. The van der Waals surface area contributed by atoms with E-state index < -0.39 is 0 Å². The second-order valence-electron chi connectivity index (χ2n) is 7.48. The third-order valence-electron chi connectivity index (χ3n) is 4.91. The topological polar surface area (TPSA) is 111 Å². The molecule has 0 aliphatic heterocycles. The molecule has 170 valence electrons. The van der Waals surface area contributed by atoms with Crippen molar-refractivity contribution in [2.75, 3.05) is 19.5 Å². The fourth-order valence-electron chi connectivity index (χ4n) is 3.20. The maximum atomic E-state index is 13.1. The van der Waals surface area contributed by atoms with Crippen molar-refractivity contribution in [3.63, 3.8) is 0 Å². The van der Waals surface area contributed by atoms with E-state index in [2.05, 4.69) is 20.4 Å². The molecule has 0 radical (unpaired) electrons. The van der Waals surface area contributed by atoms with Gasteiger partial charge in [-0.1, -0.05) is 19.9 Å². The molecule has 4 rings (SSSR count). The van der Waals surface area contributed by atoms with Gasteiger partial charge in [-0.25, -0.2) is 4.98 Å². The van der Waals surface area contributed by atoms with E-state index in [4.69, 9.17) is 9.47 Å². The predicted octanol–water partition coefficient (Wildman–Crippen LogP) is 4.08. The Morgan fingerprint density at radius 1 is 1.12 bits per heavy atom. The van der Waals surface area contributed by atoms with Crippen molar-refractivity contribution in [1.29, 1.82) is 0 Å². The van der Waals surface area contributed by atoms with Gasteiger partial charge in [-0.05, 0) is 35.6 Å². The lowest BCUT2D eigenvalue weighted by atomic mass is 10.1. The summed E-state index contributed by atoms with van der Waals surface area (Å²) in [5, 5.41) is 9.42. The number of benzene rings is 1. The molecule has 0 saturated carbocycles. The van der Waals surface area contributed by atoms with Crippen LogP contribution in [0.1, 0.15) is 35.8 Å². The molecule has 10 heteroatoms. The van der Waals surface area contributed by atoms with E-state index in [9.17, 15) is 9.59 Å². The van der Waals surface area contributed by atoms with Crippen LogP contribution in [-0.2, 0) is 0 Å². The molecule has 0 aliphatic rings. The van der Waals surface area contributed by atoms with Gasteiger partial charge in [-0.15, -0.1) is 11.3 Å². The first-order valence-electron chi connectivity index (χ1n) is 10.2. The first kappa shape index (κ1) is 22.3. The summed E-state index contributed by atoms with van der Waals surface area (Å²) in [5.74, 6) is 1.21. The number of ether oxygens (including phenoxy) is 2. The van der Waals surface area contributed by atoms with E-state index in [1.54, 1.807) is 24.3 Å². The molecule has 3 aromatic heterocycles. The van der Waals surface area contributed by atoms with Crippen LogP contribution in [0.25, 0.3) is 16.5 Å². The summed E-state index contributed by atoms with van der Waals surface area (Å²) in [7, 11) is 3.03. The minimum atomic E-state index is -0.378. The van der Waals surface area contributed by atoms with Gasteiger partial charge in [-0.2, -0.15) is 9.78 Å². The van der Waals surface area contributed by atoms with E-state index in [1.807, 2.05) is 31.4 Å². The molecule has 0 saturated heterocycles. The van der Waals surface area contributed by atoms with Crippen LogP contribution in [-0.4, -0.2) is 39.9 Å². The standard InChI is InChI=1S/C23H23N5O4S/c1-13(2)15-12-21(29)26-23(24-15)28-20(11-16(27-28)19-6-5-9-33-19)25-22(30)14-7-8-17(31-3)18(10-14)32-4/h5-13H,1-4H3,(H,25,30)(H,24,26,29). The molecule has 1 amide bonds. The number of nitrogens with zero attached hydrogens (tertiary/aromatic N) is 3. The molecule has 33 heavy (non-hydrogen) atoms. The van der Waals surface area contributed by atoms with Crippen LogP contribution in [0.15, 0.2) is 52.6 Å². The quantitative estimate of drug-likeness (QED) is 0.426. The Bertz CT molecular complexity index is 1340. The van der Waals surface area contributed by atoms with Crippen LogP contribution < -0.4 is 20.3 Å². The molecule has 4 aromatic rings. The number of nitrogens with one attached hydrogen (secondary N) is 2. The maximum Gasteiger partial charge on any atom is 0.256 e. The van der Waals surface area contributed by atoms with Crippen molar-refractivity contribution >= 4 is 23.1 Å². The Morgan fingerprint density at radius 2 is 1.91 bits per heavy atom. The van der Waals surface area contributed by atoms with Gasteiger partial charge in [-0.3, -0.25) is 14.6 Å². The zero-order valence-electron chi connectivity index (χ0n) is 18.6. The molecule has 9 nitrogen and oxygen atoms in total. The van der Waals surface area contributed by atoms with Crippen LogP contribution in [0.3, 0.4) is 0 Å². The van der Waals surface area contributed by atoms with Crippen LogP contribution in [0.4, 0.5) is 5.82 Å². The number of hydrogen-bond donors (Lipinski definition) is 2. The smallest absolute Gasteiger partial charge is 0.256 e. The molecule has 3 heterocycles. The number of thiophene rings is 1. The summed E-state index contributed by atoms with van der Waals surface area (Å²) in [4.78, 5) is 33.5. The lowest BCUT2D eigenvalue weighted by molar-refractivity contribution is 0.102. The largest absolute Gasteiger partial charge is 0.493 e. The number of carbonyl (C=O) groups is 1. The number of rotatable bonds is 7. The predicted molar refractivity (Wildman–Crippen MR) is 127 cm³/mol. The number of aromatic amines is 1. The molecular formula is C23H23N5O4S. The molecule has 0 fully saturated rings. The van der Waals surface area contributed by atoms with Crippen molar-refractivity contribution in [2.24, 2.45) is 0 Å². The van der Waals surface area contributed by atoms with E-state index in [0.717, 1.165) is 4.88 Å². The average Bonchev–Trinajstić information content (AvgIpc) is 3.48. The minimum Gasteiger partial charge on any atom is -0.493 e. The van der Waals surface area contributed by atoms with Crippen LogP contribution >= 0.6 is 11.3 Å². The van der Waals surface area contributed by atoms with Gasteiger partial charge >= 0.3 is 0 Å². The van der Waals surface area contributed by atoms with Gasteiger partial charge in [0.2, 0.25) is 5.95 Å². The first-order valence-corrected chi connectivity index (χ1v) is 11.1. The van der Waals surface area contributed by atoms with E-state index in [-0.39, 0.29) is 23.3 Å². The first-order chi connectivity index (χ1) is 15.9. The van der Waals surface area contributed by atoms with Crippen LogP contribution in [0.2, 0.25) is 0 Å². The third kappa shape index (κ3) is 4.65. The number of carbonyl (C=O) groups excluding carboxylic acids is 1. The Balaban J connectivity index is 1.77. The molecule has 1 aromatic carbocycles. The zero-order chi connectivity index (χ0) is 23.5. The van der Waals surface area contributed by atoms with Crippen molar-refractivity contribution < 1.29 is 14.3 Å². The summed E-state index contributed by atoms with van der Waals surface area (Å²) in [6, 6.07) is 11.9. The van der Waals surface area contributed by atoms with Gasteiger partial charge in [0.15, 0.2) is 11.5 Å². The molecular weight excluding hydrogens is 442 g/mol. The van der Waals surface area contributed by atoms with Gasteiger partial charge in [0, 0.05) is 17.7 Å². The lowest BCUT2D eigenvalue weighted by Gasteiger charge is -2.11. The monoisotopic (exact) mass is 465 g/mol. The lowest BCUT2D eigenvalue weighted by Crippen LogP contribution is -2.19. The normalized spacial score (nSPS) is 10.9. The summed E-state index contributed by atoms with van der Waals surface area (Å²) < 4.78 is 12.0. The second kappa shape index (κ2) is 9.29. The molecule has 0 unspecified atom stereocenters. The Labute approximate surface area is 194 Å². The van der Waals surface area contributed by atoms with Crippen molar-refractivity contribution in [3.05, 3.63) is 69.5 Å². The third-order valence-corrected chi connectivity index (χ3v) is 5.80. The highest BCUT2D eigenvalue weighted by atomic mass is 32.1. The van der Waals surface area contributed by atoms with Gasteiger partial charge in [0.1, 0.15) is 11.5 Å². The average molecular weight is 466 g/mol. The van der Waals surface area contributed by atoms with E-state index in [1.165, 1.54) is 36.3 Å². The Kier molecular flexibility index (Phi) is 6.27. The van der Waals surface area contributed by atoms with Gasteiger partial charge in [0.05, 0.1) is 24.8 Å². The maximum absolute atomic E-state index is 13.1. The van der Waals surface area contributed by atoms with Gasteiger partial charge in [0.25, 0.3) is 11.5 Å². The summed E-state index contributed by atoms with van der Waals surface area (Å²) in [6.45, 7) is 3.90. The zero-order valence-corrected chi connectivity index (χ0v) is 19.4. The molecule has 0 spiro atoms. The SMILES string of the molecule is COc1ccc(C(=O)Nc2cc(-c3cccs3)nn2-c2nc(C(C)C)cc(=O)[nH]2)cc1OC. The van der Waals surface area contributed by atoms with Crippen molar-refractivity contribution in [1.82, 2.24) is 19.7 Å². The summed E-state index contributed by atoms with van der Waals surface area (Å²) in [5.41, 5.74) is 1.34. The number of methoxy groups -OCH3 is 2. The second-order valence-corrected chi connectivity index (χ2v) is 8.42. The highest BCUT2D eigenvalue weighted by molar-refractivity contribution is 7.13. The minimum absolute atomic E-state index is 0.0446. The van der Waals surface area contributed by atoms with E-state index >= 15 is 0 Å². The number of aromatic nitrogens is 4. The fourth-order valence-corrected chi connectivity index (χ4v) is 3.88. The van der Waals surface area contributed by atoms with Gasteiger partial charge < -0.3 is 14.8 Å². The Hall–Kier alpha value is -3.92. The molecule has 2 N–H and O–H groups in total. The number of hydrogen-bond acceptors (Lipinski definition) is 7. The Morgan fingerprint density at radius 3 is 2.58 bits per heavy atom. The molecule has 0 bridgehead atoms. The van der Waals surface area contributed by atoms with Crippen molar-refractivity contribution in [3.8, 4) is 28.0 Å².